The van der Waals surface area contributed by atoms with Crippen molar-refractivity contribution in [3.8, 4) is 0 Å². The zero-order valence-corrected chi connectivity index (χ0v) is 12.4. The SMILES string of the molecule is CCS(=O)(=O)N1CC[C@@H]2[C@@H]1CCC(=O)N2CCOC. The topological polar surface area (TPSA) is 66.9 Å². The minimum atomic E-state index is -3.17. The minimum absolute atomic E-state index is 0.0257. The number of rotatable bonds is 5. The highest BCUT2D eigenvalue weighted by molar-refractivity contribution is 7.89. The predicted molar refractivity (Wildman–Crippen MR) is 71.2 cm³/mol. The molecule has 6 nitrogen and oxygen atoms in total. The fraction of sp³-hybridized carbons (Fsp3) is 0.917. The number of amides is 1. The lowest BCUT2D eigenvalue weighted by Gasteiger charge is -2.39. The minimum Gasteiger partial charge on any atom is -0.383 e. The van der Waals surface area contributed by atoms with Gasteiger partial charge in [-0.15, -0.1) is 0 Å². The highest BCUT2D eigenvalue weighted by atomic mass is 32.2. The molecule has 7 heteroatoms. The molecular weight excluding hydrogens is 268 g/mol. The van der Waals surface area contributed by atoms with Crippen molar-refractivity contribution in [2.24, 2.45) is 0 Å². The van der Waals surface area contributed by atoms with Gasteiger partial charge in [0.2, 0.25) is 15.9 Å². The largest absolute Gasteiger partial charge is 0.383 e. The Morgan fingerprint density at radius 2 is 2.05 bits per heavy atom. The van der Waals surface area contributed by atoms with E-state index in [1.165, 1.54) is 0 Å². The molecule has 0 spiro atoms. The molecule has 2 heterocycles. The van der Waals surface area contributed by atoms with Gasteiger partial charge in [-0.1, -0.05) is 0 Å². The van der Waals surface area contributed by atoms with Gasteiger partial charge in [-0.3, -0.25) is 4.79 Å². The van der Waals surface area contributed by atoms with Crippen molar-refractivity contribution in [1.82, 2.24) is 9.21 Å². The lowest BCUT2D eigenvalue weighted by molar-refractivity contribution is -0.138. The average Bonchev–Trinajstić information content (AvgIpc) is 2.82. The molecule has 19 heavy (non-hydrogen) atoms. The molecule has 1 amide bonds. The van der Waals surface area contributed by atoms with E-state index in [9.17, 15) is 13.2 Å². The van der Waals surface area contributed by atoms with E-state index in [-0.39, 0.29) is 23.7 Å². The Morgan fingerprint density at radius 1 is 1.32 bits per heavy atom. The van der Waals surface area contributed by atoms with E-state index in [4.69, 9.17) is 4.74 Å². The molecule has 2 aliphatic rings. The number of piperidine rings is 1. The number of likely N-dealkylation sites (tertiary alicyclic amines) is 1. The highest BCUT2D eigenvalue weighted by Crippen LogP contribution is 2.33. The van der Waals surface area contributed by atoms with Crippen LogP contribution in [0, 0.1) is 0 Å². The second-order valence-corrected chi connectivity index (χ2v) is 7.26. The zero-order valence-electron chi connectivity index (χ0n) is 11.5. The number of hydrogen-bond donors (Lipinski definition) is 0. The summed E-state index contributed by atoms with van der Waals surface area (Å²) in [6.07, 6.45) is 1.81. The van der Waals surface area contributed by atoms with Crippen LogP contribution in [0.3, 0.4) is 0 Å². The van der Waals surface area contributed by atoms with Gasteiger partial charge in [-0.05, 0) is 19.8 Å². The van der Waals surface area contributed by atoms with Crippen LogP contribution in [0.1, 0.15) is 26.2 Å². The van der Waals surface area contributed by atoms with Crippen LogP contribution < -0.4 is 0 Å². The smallest absolute Gasteiger partial charge is 0.223 e. The van der Waals surface area contributed by atoms with Crippen LogP contribution in [-0.2, 0) is 19.6 Å². The molecule has 0 aromatic heterocycles. The number of methoxy groups -OCH3 is 1. The second-order valence-electron chi connectivity index (χ2n) is 5.05. The second kappa shape index (κ2) is 5.76. The van der Waals surface area contributed by atoms with Gasteiger partial charge >= 0.3 is 0 Å². The van der Waals surface area contributed by atoms with E-state index in [1.807, 2.05) is 4.90 Å². The van der Waals surface area contributed by atoms with E-state index in [0.29, 0.717) is 32.5 Å². The fourth-order valence-electron chi connectivity index (χ4n) is 3.10. The number of carbonyl (C=O) groups excluding carboxylic acids is 1. The molecule has 0 aromatic rings. The first-order valence-electron chi connectivity index (χ1n) is 6.79. The molecule has 2 fully saturated rings. The van der Waals surface area contributed by atoms with Crippen LogP contribution in [0.4, 0.5) is 0 Å². The van der Waals surface area contributed by atoms with Crippen molar-refractivity contribution in [2.45, 2.75) is 38.3 Å². The summed E-state index contributed by atoms with van der Waals surface area (Å²) in [6, 6.07) is -0.0165. The summed E-state index contributed by atoms with van der Waals surface area (Å²) in [5.74, 6) is 0.247. The Kier molecular flexibility index (Phi) is 4.47. The summed E-state index contributed by atoms with van der Waals surface area (Å²) in [5, 5.41) is 0. The molecular formula is C12H22N2O4S. The van der Waals surface area contributed by atoms with E-state index < -0.39 is 10.0 Å². The maximum absolute atomic E-state index is 12.1. The van der Waals surface area contributed by atoms with Gasteiger partial charge in [0.1, 0.15) is 0 Å². The van der Waals surface area contributed by atoms with Crippen molar-refractivity contribution in [3.63, 3.8) is 0 Å². The van der Waals surface area contributed by atoms with E-state index in [1.54, 1.807) is 18.3 Å². The first kappa shape index (κ1) is 14.7. The van der Waals surface area contributed by atoms with Crippen LogP contribution in [0.5, 0.6) is 0 Å². The van der Waals surface area contributed by atoms with Crippen molar-refractivity contribution < 1.29 is 17.9 Å². The molecule has 0 N–H and O–H groups in total. The first-order chi connectivity index (χ1) is 9.01. The van der Waals surface area contributed by atoms with Crippen molar-refractivity contribution in [3.05, 3.63) is 0 Å². The lowest BCUT2D eigenvalue weighted by atomic mass is 9.97. The molecule has 0 aliphatic carbocycles. The Hall–Kier alpha value is -0.660. The van der Waals surface area contributed by atoms with Crippen LogP contribution in [-0.4, -0.2) is 68.2 Å². The summed E-state index contributed by atoms with van der Waals surface area (Å²) in [7, 11) is -1.56. The normalized spacial score (nSPS) is 28.7. The van der Waals surface area contributed by atoms with E-state index in [0.717, 1.165) is 6.42 Å². The van der Waals surface area contributed by atoms with Crippen LogP contribution in [0.25, 0.3) is 0 Å². The molecule has 0 bridgehead atoms. The number of nitrogens with zero attached hydrogens (tertiary/aromatic N) is 2. The van der Waals surface area contributed by atoms with E-state index >= 15 is 0 Å². The highest BCUT2D eigenvalue weighted by Gasteiger charge is 2.46. The third-order valence-corrected chi connectivity index (χ3v) is 5.99. The third-order valence-electron chi connectivity index (χ3n) is 4.09. The number of carbonyl (C=O) groups is 1. The first-order valence-corrected chi connectivity index (χ1v) is 8.40. The number of fused-ring (bicyclic) bond motifs is 1. The monoisotopic (exact) mass is 290 g/mol. The summed E-state index contributed by atoms with van der Waals surface area (Å²) in [4.78, 5) is 13.8. The Morgan fingerprint density at radius 3 is 2.68 bits per heavy atom. The third kappa shape index (κ3) is 2.78. The fourth-order valence-corrected chi connectivity index (χ4v) is 4.47. The van der Waals surface area contributed by atoms with Gasteiger partial charge in [0.15, 0.2) is 0 Å². The molecule has 0 aromatic carbocycles. The van der Waals surface area contributed by atoms with Crippen molar-refractivity contribution >= 4 is 15.9 Å². The molecule has 2 aliphatic heterocycles. The van der Waals surface area contributed by atoms with Gasteiger partial charge in [0.25, 0.3) is 0 Å². The van der Waals surface area contributed by atoms with Gasteiger partial charge in [0, 0.05) is 38.7 Å². The van der Waals surface area contributed by atoms with Gasteiger partial charge in [-0.25, -0.2) is 8.42 Å². The quantitative estimate of drug-likeness (QED) is 0.717. The standard InChI is InChI=1S/C12H22N2O4S/c1-3-19(16,17)14-7-6-10-11(14)4-5-12(15)13(10)8-9-18-2/h10-11H,3-9H2,1-2H3/t10-,11+/m1/s1. The van der Waals surface area contributed by atoms with E-state index in [2.05, 4.69) is 0 Å². The van der Waals surface area contributed by atoms with Crippen molar-refractivity contribution in [2.75, 3.05) is 32.6 Å². The maximum Gasteiger partial charge on any atom is 0.223 e. The van der Waals surface area contributed by atoms with Crippen LogP contribution in [0.2, 0.25) is 0 Å². The molecule has 2 saturated heterocycles. The molecule has 2 atom stereocenters. The summed E-state index contributed by atoms with van der Waals surface area (Å²) in [6.45, 7) is 3.24. The van der Waals surface area contributed by atoms with Crippen molar-refractivity contribution in [1.29, 1.82) is 0 Å². The Labute approximate surface area is 114 Å². The molecule has 0 saturated carbocycles. The average molecular weight is 290 g/mol. The van der Waals surface area contributed by atoms with Gasteiger partial charge in [-0.2, -0.15) is 4.31 Å². The number of sulfonamides is 1. The Bertz CT molecular complexity index is 437. The van der Waals surface area contributed by atoms with Gasteiger partial charge < -0.3 is 9.64 Å². The summed E-state index contributed by atoms with van der Waals surface area (Å²) in [5.41, 5.74) is 0. The van der Waals surface area contributed by atoms with Crippen LogP contribution in [0.15, 0.2) is 0 Å². The number of ether oxygens (including phenoxy) is 1. The summed E-state index contributed by atoms with van der Waals surface area (Å²) >= 11 is 0. The van der Waals surface area contributed by atoms with Crippen LogP contribution >= 0.6 is 0 Å². The molecule has 0 unspecified atom stereocenters. The lowest BCUT2D eigenvalue weighted by Crippen LogP contribution is -2.54. The van der Waals surface area contributed by atoms with Gasteiger partial charge in [0.05, 0.1) is 12.4 Å². The summed E-state index contributed by atoms with van der Waals surface area (Å²) < 4.78 is 30.7. The molecule has 0 radical (unpaired) electrons. The predicted octanol–water partition coefficient (Wildman–Crippen LogP) is 0.0478. The number of hydrogen-bond acceptors (Lipinski definition) is 4. The zero-order chi connectivity index (χ0) is 14.0. The molecule has 2 rings (SSSR count). The Balaban J connectivity index is 2.14. The molecule has 110 valence electrons. The maximum atomic E-state index is 12.1.